The van der Waals surface area contributed by atoms with Crippen LogP contribution in [0.25, 0.3) is 23.1 Å². The first-order valence-electron chi connectivity index (χ1n) is 9.49. The van der Waals surface area contributed by atoms with Gasteiger partial charge in [0, 0.05) is 15.5 Å². The highest BCUT2D eigenvalue weighted by molar-refractivity contribution is 7.14. The molecule has 156 valence electrons. The van der Waals surface area contributed by atoms with Crippen molar-refractivity contribution in [3.05, 3.63) is 46.1 Å². The van der Waals surface area contributed by atoms with Gasteiger partial charge in [-0.3, -0.25) is 0 Å². The first-order chi connectivity index (χ1) is 14.4. The Bertz CT molecular complexity index is 1250. The number of ether oxygens (including phenoxy) is 3. The number of nitrogens with zero attached hydrogens (tertiary/aromatic N) is 4. The molecule has 0 atom stereocenters. The fourth-order valence-corrected chi connectivity index (χ4v) is 4.07. The summed E-state index contributed by atoms with van der Waals surface area (Å²) in [6, 6.07) is 9.57. The molecule has 0 radical (unpaired) electrons. The van der Waals surface area contributed by atoms with Crippen LogP contribution in [0.5, 0.6) is 16.6 Å². The van der Waals surface area contributed by atoms with Gasteiger partial charge in [-0.15, -0.1) is 10.2 Å². The molecule has 0 spiro atoms. The summed E-state index contributed by atoms with van der Waals surface area (Å²) in [5, 5.41) is 15.6. The number of fused-ring (bicyclic) bond motifs is 1. The summed E-state index contributed by atoms with van der Waals surface area (Å²) in [7, 11) is 4.93. The van der Waals surface area contributed by atoms with Gasteiger partial charge in [-0.2, -0.15) is 9.61 Å². The summed E-state index contributed by atoms with van der Waals surface area (Å²) < 4.78 is 18.1. The minimum Gasteiger partial charge on any atom is -0.497 e. The van der Waals surface area contributed by atoms with Crippen molar-refractivity contribution in [3.63, 3.8) is 0 Å². The van der Waals surface area contributed by atoms with Gasteiger partial charge in [0.1, 0.15) is 11.5 Å². The van der Waals surface area contributed by atoms with Crippen molar-refractivity contribution >= 4 is 23.1 Å². The Labute approximate surface area is 178 Å². The average molecular weight is 425 g/mol. The quantitative estimate of drug-likeness (QED) is 0.486. The average Bonchev–Trinajstić information content (AvgIpc) is 3.43. The molecule has 0 aliphatic rings. The van der Waals surface area contributed by atoms with E-state index in [1.807, 2.05) is 30.3 Å². The van der Waals surface area contributed by atoms with Crippen molar-refractivity contribution in [2.24, 2.45) is 0 Å². The third-order valence-electron chi connectivity index (χ3n) is 4.78. The van der Waals surface area contributed by atoms with Crippen LogP contribution in [0.2, 0.25) is 0 Å². The topological polar surface area (TPSA) is 70.8 Å². The molecule has 0 saturated carbocycles. The lowest BCUT2D eigenvalue weighted by atomic mass is 9.91. The van der Waals surface area contributed by atoms with E-state index in [0.29, 0.717) is 23.0 Å². The van der Waals surface area contributed by atoms with E-state index in [4.69, 9.17) is 19.3 Å². The van der Waals surface area contributed by atoms with E-state index in [1.165, 1.54) is 0 Å². The first kappa shape index (κ1) is 20.2. The number of hydrogen-bond acceptors (Lipinski definition) is 7. The van der Waals surface area contributed by atoms with Crippen molar-refractivity contribution in [1.82, 2.24) is 19.8 Å². The van der Waals surface area contributed by atoms with Crippen molar-refractivity contribution in [3.8, 4) is 28.0 Å². The lowest BCUT2D eigenvalue weighted by Crippen LogP contribution is -2.22. The molecular formula is C22H24N4O3S. The standard InChI is InChI=1S/C22H24N4O3S/c1-22(2,3)19-16(12-14-8-10-18(29-6)30-14)21-24-23-20(26(21)25-19)15-11-13(27-4)7-9-17(15)28-5/h7-12H,1-6H3. The first-order valence-corrected chi connectivity index (χ1v) is 10.3. The molecular weight excluding hydrogens is 400 g/mol. The van der Waals surface area contributed by atoms with Crippen molar-refractivity contribution in [2.75, 3.05) is 21.3 Å². The summed E-state index contributed by atoms with van der Waals surface area (Å²) in [5.41, 5.74) is 2.24. The minimum absolute atomic E-state index is 0.177. The molecule has 4 aromatic rings. The fraction of sp³-hybridized carbons (Fsp3) is 0.318. The van der Waals surface area contributed by atoms with Gasteiger partial charge < -0.3 is 14.2 Å². The molecule has 3 heterocycles. The third kappa shape index (κ3) is 3.47. The van der Waals surface area contributed by atoms with E-state index in [0.717, 1.165) is 26.4 Å². The molecule has 30 heavy (non-hydrogen) atoms. The number of rotatable bonds is 5. The van der Waals surface area contributed by atoms with Gasteiger partial charge in [0.15, 0.2) is 16.5 Å². The molecule has 7 nitrogen and oxygen atoms in total. The van der Waals surface area contributed by atoms with Crippen molar-refractivity contribution < 1.29 is 14.2 Å². The molecule has 0 saturated heterocycles. The van der Waals surface area contributed by atoms with Crippen LogP contribution in [-0.2, 0) is 5.41 Å². The van der Waals surface area contributed by atoms with Gasteiger partial charge in [0.2, 0.25) is 0 Å². The molecule has 0 N–H and O–H groups in total. The van der Waals surface area contributed by atoms with Crippen LogP contribution >= 0.6 is 11.3 Å². The maximum Gasteiger partial charge on any atom is 0.189 e. The zero-order valence-corrected chi connectivity index (χ0v) is 18.7. The van der Waals surface area contributed by atoms with Gasteiger partial charge in [0.05, 0.1) is 32.6 Å². The van der Waals surface area contributed by atoms with Crippen LogP contribution in [-0.4, -0.2) is 41.1 Å². The highest BCUT2D eigenvalue weighted by Gasteiger charge is 2.25. The van der Waals surface area contributed by atoms with E-state index in [1.54, 1.807) is 37.2 Å². The molecule has 0 amide bonds. The lowest BCUT2D eigenvalue weighted by Gasteiger charge is -2.14. The summed E-state index contributed by atoms with van der Waals surface area (Å²) in [6.45, 7) is 6.42. The molecule has 0 bridgehead atoms. The molecule has 3 aromatic heterocycles. The zero-order valence-electron chi connectivity index (χ0n) is 17.9. The number of hydrogen-bond donors (Lipinski definition) is 0. The van der Waals surface area contributed by atoms with Crippen molar-refractivity contribution in [2.45, 2.75) is 26.2 Å². The van der Waals surface area contributed by atoms with Gasteiger partial charge in [-0.1, -0.05) is 32.1 Å². The van der Waals surface area contributed by atoms with E-state index in [-0.39, 0.29) is 5.41 Å². The van der Waals surface area contributed by atoms with Crippen LogP contribution in [0, 0.1) is 0 Å². The van der Waals surface area contributed by atoms with Crippen LogP contribution in [0.1, 0.15) is 31.3 Å². The normalized spacial score (nSPS) is 12.5. The summed E-state index contributed by atoms with van der Waals surface area (Å²) in [6.07, 6.45) is 2.09. The number of methoxy groups -OCH3 is 3. The maximum absolute atomic E-state index is 5.55. The van der Waals surface area contributed by atoms with E-state index in [9.17, 15) is 0 Å². The second kappa shape index (κ2) is 7.60. The summed E-state index contributed by atoms with van der Waals surface area (Å²) in [4.78, 5) is 1.07. The van der Waals surface area contributed by atoms with Crippen LogP contribution in [0.4, 0.5) is 0 Å². The SMILES string of the molecule is COc1ccc(OC)c(-c2nnc3c(=Cc4ccc(OC)s4)c(C(C)(C)C)nn23)c1. The van der Waals surface area contributed by atoms with Gasteiger partial charge in [-0.05, 0) is 36.4 Å². The maximum atomic E-state index is 5.55. The van der Waals surface area contributed by atoms with Crippen LogP contribution in [0.15, 0.2) is 30.3 Å². The molecule has 0 aliphatic carbocycles. The van der Waals surface area contributed by atoms with E-state index < -0.39 is 0 Å². The summed E-state index contributed by atoms with van der Waals surface area (Å²) >= 11 is 1.57. The van der Waals surface area contributed by atoms with Gasteiger partial charge >= 0.3 is 0 Å². The van der Waals surface area contributed by atoms with Gasteiger partial charge in [0.25, 0.3) is 0 Å². The number of benzene rings is 1. The van der Waals surface area contributed by atoms with Gasteiger partial charge in [-0.25, -0.2) is 0 Å². The third-order valence-corrected chi connectivity index (χ3v) is 5.78. The van der Waals surface area contributed by atoms with E-state index >= 15 is 0 Å². The minimum atomic E-state index is -0.177. The molecule has 0 fully saturated rings. The Morgan fingerprint density at radius 2 is 1.77 bits per heavy atom. The number of thiophene rings is 1. The largest absolute Gasteiger partial charge is 0.497 e. The lowest BCUT2D eigenvalue weighted by molar-refractivity contribution is 0.404. The second-order valence-corrected chi connectivity index (χ2v) is 8.92. The Morgan fingerprint density at radius 1 is 0.967 bits per heavy atom. The Hall–Kier alpha value is -3.13. The van der Waals surface area contributed by atoms with Crippen LogP contribution < -0.4 is 19.4 Å². The number of aromatic nitrogens is 4. The summed E-state index contributed by atoms with van der Waals surface area (Å²) in [5.74, 6) is 2.00. The molecule has 0 unspecified atom stereocenters. The Kier molecular flexibility index (Phi) is 5.11. The van der Waals surface area contributed by atoms with E-state index in [2.05, 4.69) is 37.0 Å². The molecule has 4 rings (SSSR count). The van der Waals surface area contributed by atoms with Crippen LogP contribution in [0.3, 0.4) is 0 Å². The predicted molar refractivity (Wildman–Crippen MR) is 118 cm³/mol. The predicted octanol–water partition coefficient (Wildman–Crippen LogP) is 3.72. The second-order valence-electron chi connectivity index (χ2n) is 7.84. The zero-order chi connectivity index (χ0) is 21.5. The monoisotopic (exact) mass is 424 g/mol. The van der Waals surface area contributed by atoms with Crippen molar-refractivity contribution in [1.29, 1.82) is 0 Å². The Morgan fingerprint density at radius 3 is 2.40 bits per heavy atom. The Balaban J connectivity index is 1.98. The molecule has 8 heteroatoms. The molecule has 0 aliphatic heterocycles. The fourth-order valence-electron chi connectivity index (χ4n) is 3.31. The smallest absolute Gasteiger partial charge is 0.189 e. The highest BCUT2D eigenvalue weighted by Crippen LogP contribution is 2.33. The highest BCUT2D eigenvalue weighted by atomic mass is 32.1. The molecule has 1 aromatic carbocycles.